The summed E-state index contributed by atoms with van der Waals surface area (Å²) in [5.74, 6) is 2.04. The first-order valence-electron chi connectivity index (χ1n) is 8.35. The van der Waals surface area contributed by atoms with Gasteiger partial charge in [-0.05, 0) is 31.0 Å². The number of para-hydroxylation sites is 1. The Labute approximate surface area is 152 Å². The standard InChI is InChI=1S/C22H19FN2O/c1-3-12-22(2,14-16-8-5-4-6-9-16)21(26)25-18-13-17-10-7-11-19(23)20(17)24-15-18/h1,4-11,13,15H,12,14H2,2H3,(H,25,26). The third kappa shape index (κ3) is 3.73. The maximum atomic E-state index is 13.7. The van der Waals surface area contributed by atoms with Crippen LogP contribution in [0.1, 0.15) is 18.9 Å². The molecule has 2 aromatic carbocycles. The fourth-order valence-corrected chi connectivity index (χ4v) is 2.97. The maximum absolute atomic E-state index is 13.7. The molecule has 3 aromatic rings. The SMILES string of the molecule is C#CCC(C)(Cc1ccccc1)C(=O)Nc1cnc2c(F)cccc2c1. The number of anilines is 1. The van der Waals surface area contributed by atoms with Gasteiger partial charge in [0.2, 0.25) is 5.91 Å². The third-order valence-corrected chi connectivity index (χ3v) is 4.40. The summed E-state index contributed by atoms with van der Waals surface area (Å²) in [4.78, 5) is 17.0. The van der Waals surface area contributed by atoms with E-state index in [1.165, 1.54) is 12.3 Å². The van der Waals surface area contributed by atoms with E-state index in [4.69, 9.17) is 6.42 Å². The topological polar surface area (TPSA) is 42.0 Å². The first-order chi connectivity index (χ1) is 12.5. The van der Waals surface area contributed by atoms with Gasteiger partial charge in [-0.15, -0.1) is 12.3 Å². The second-order valence-corrected chi connectivity index (χ2v) is 6.59. The third-order valence-electron chi connectivity index (χ3n) is 4.40. The van der Waals surface area contributed by atoms with Gasteiger partial charge in [-0.2, -0.15) is 0 Å². The Balaban J connectivity index is 1.85. The van der Waals surface area contributed by atoms with Gasteiger partial charge in [0.15, 0.2) is 0 Å². The average Bonchev–Trinajstić information content (AvgIpc) is 2.63. The molecule has 0 aliphatic carbocycles. The molecule has 0 radical (unpaired) electrons. The van der Waals surface area contributed by atoms with Crippen LogP contribution in [0.2, 0.25) is 0 Å². The number of nitrogens with one attached hydrogen (secondary N) is 1. The lowest BCUT2D eigenvalue weighted by Gasteiger charge is -2.26. The van der Waals surface area contributed by atoms with Crippen molar-refractivity contribution in [3.05, 3.63) is 72.2 Å². The van der Waals surface area contributed by atoms with E-state index in [1.807, 2.05) is 37.3 Å². The molecule has 3 rings (SSSR count). The van der Waals surface area contributed by atoms with Crippen LogP contribution >= 0.6 is 0 Å². The van der Waals surface area contributed by atoms with Crippen molar-refractivity contribution < 1.29 is 9.18 Å². The summed E-state index contributed by atoms with van der Waals surface area (Å²) in [7, 11) is 0. The molecule has 26 heavy (non-hydrogen) atoms. The van der Waals surface area contributed by atoms with Crippen LogP contribution < -0.4 is 5.32 Å². The molecular weight excluding hydrogens is 327 g/mol. The van der Waals surface area contributed by atoms with Crippen molar-refractivity contribution in [2.45, 2.75) is 19.8 Å². The van der Waals surface area contributed by atoms with E-state index in [2.05, 4.69) is 16.2 Å². The predicted octanol–water partition coefficient (Wildman–Crippen LogP) is 4.58. The van der Waals surface area contributed by atoms with Gasteiger partial charge in [0.25, 0.3) is 0 Å². The van der Waals surface area contributed by atoms with Crippen molar-refractivity contribution in [1.29, 1.82) is 0 Å². The van der Waals surface area contributed by atoms with Gasteiger partial charge in [-0.3, -0.25) is 9.78 Å². The summed E-state index contributed by atoms with van der Waals surface area (Å²) >= 11 is 0. The Hall–Kier alpha value is -3.19. The molecule has 1 atom stereocenters. The summed E-state index contributed by atoms with van der Waals surface area (Å²) in [6.45, 7) is 1.85. The van der Waals surface area contributed by atoms with Crippen molar-refractivity contribution in [1.82, 2.24) is 4.98 Å². The number of carbonyl (C=O) groups is 1. The highest BCUT2D eigenvalue weighted by Gasteiger charge is 2.33. The van der Waals surface area contributed by atoms with Gasteiger partial charge in [0, 0.05) is 11.8 Å². The molecule has 0 saturated heterocycles. The van der Waals surface area contributed by atoms with Crippen LogP contribution in [0.3, 0.4) is 0 Å². The molecule has 0 saturated carbocycles. The lowest BCUT2D eigenvalue weighted by atomic mass is 9.80. The molecule has 0 bridgehead atoms. The van der Waals surface area contributed by atoms with E-state index in [1.54, 1.807) is 18.2 Å². The average molecular weight is 346 g/mol. The monoisotopic (exact) mass is 346 g/mol. The number of aromatic nitrogens is 1. The summed E-state index contributed by atoms with van der Waals surface area (Å²) in [5, 5.41) is 3.51. The van der Waals surface area contributed by atoms with E-state index >= 15 is 0 Å². The molecule has 0 aliphatic heterocycles. The first kappa shape index (κ1) is 17.6. The van der Waals surface area contributed by atoms with E-state index in [0.29, 0.717) is 23.9 Å². The molecule has 0 fully saturated rings. The number of rotatable bonds is 5. The van der Waals surface area contributed by atoms with Crippen LogP contribution in [-0.4, -0.2) is 10.9 Å². The molecule has 1 unspecified atom stereocenters. The normalized spacial score (nSPS) is 13.0. The molecule has 1 N–H and O–H groups in total. The molecule has 3 nitrogen and oxygen atoms in total. The van der Waals surface area contributed by atoms with Crippen molar-refractivity contribution in [3.63, 3.8) is 0 Å². The zero-order valence-corrected chi connectivity index (χ0v) is 14.5. The fraction of sp³-hybridized carbons (Fsp3) is 0.182. The van der Waals surface area contributed by atoms with Crippen molar-refractivity contribution in [2.75, 3.05) is 5.32 Å². The van der Waals surface area contributed by atoms with Crippen LogP contribution in [0.4, 0.5) is 10.1 Å². The summed E-state index contributed by atoms with van der Waals surface area (Å²) in [5.41, 5.74) is 1.08. The Morgan fingerprint density at radius 2 is 2.00 bits per heavy atom. The van der Waals surface area contributed by atoms with E-state index in [-0.39, 0.29) is 17.2 Å². The van der Waals surface area contributed by atoms with Gasteiger partial charge < -0.3 is 5.32 Å². The van der Waals surface area contributed by atoms with Gasteiger partial charge in [-0.1, -0.05) is 42.5 Å². The minimum Gasteiger partial charge on any atom is -0.324 e. The number of hydrogen-bond acceptors (Lipinski definition) is 2. The van der Waals surface area contributed by atoms with Crippen LogP contribution in [0.15, 0.2) is 60.8 Å². The van der Waals surface area contributed by atoms with Crippen molar-refractivity contribution >= 4 is 22.5 Å². The molecule has 1 amide bonds. The Kier molecular flexibility index (Phi) is 4.99. The highest BCUT2D eigenvalue weighted by molar-refractivity contribution is 5.97. The van der Waals surface area contributed by atoms with Crippen LogP contribution in [0, 0.1) is 23.6 Å². The second-order valence-electron chi connectivity index (χ2n) is 6.59. The predicted molar refractivity (Wildman–Crippen MR) is 102 cm³/mol. The lowest BCUT2D eigenvalue weighted by Crippen LogP contribution is -2.35. The largest absolute Gasteiger partial charge is 0.324 e. The summed E-state index contributed by atoms with van der Waals surface area (Å²) in [6.07, 6.45) is 7.80. The van der Waals surface area contributed by atoms with Gasteiger partial charge in [0.1, 0.15) is 11.3 Å². The number of amides is 1. The Bertz CT molecular complexity index is 978. The van der Waals surface area contributed by atoms with Crippen LogP contribution in [0.5, 0.6) is 0 Å². The molecule has 130 valence electrons. The molecule has 1 heterocycles. The van der Waals surface area contributed by atoms with Crippen molar-refractivity contribution in [3.8, 4) is 12.3 Å². The fourth-order valence-electron chi connectivity index (χ4n) is 2.97. The van der Waals surface area contributed by atoms with Gasteiger partial charge in [0.05, 0.1) is 17.3 Å². The number of terminal acetylenes is 1. The molecule has 4 heteroatoms. The number of nitrogens with zero attached hydrogens (tertiary/aromatic N) is 1. The van der Waals surface area contributed by atoms with E-state index in [9.17, 15) is 9.18 Å². The lowest BCUT2D eigenvalue weighted by molar-refractivity contribution is -0.124. The highest BCUT2D eigenvalue weighted by Crippen LogP contribution is 2.29. The second kappa shape index (κ2) is 7.37. The minimum absolute atomic E-state index is 0.183. The molecule has 0 aliphatic rings. The first-order valence-corrected chi connectivity index (χ1v) is 8.35. The number of benzene rings is 2. The van der Waals surface area contributed by atoms with Crippen LogP contribution in [-0.2, 0) is 11.2 Å². The number of hydrogen-bond donors (Lipinski definition) is 1. The zero-order chi connectivity index (χ0) is 18.6. The van der Waals surface area contributed by atoms with E-state index < -0.39 is 5.41 Å². The van der Waals surface area contributed by atoms with Crippen LogP contribution in [0.25, 0.3) is 10.9 Å². The van der Waals surface area contributed by atoms with Gasteiger partial charge in [-0.25, -0.2) is 4.39 Å². The Morgan fingerprint density at radius 1 is 1.23 bits per heavy atom. The number of fused-ring (bicyclic) bond motifs is 1. The minimum atomic E-state index is -0.757. The zero-order valence-electron chi connectivity index (χ0n) is 14.5. The van der Waals surface area contributed by atoms with E-state index in [0.717, 1.165) is 5.56 Å². The number of halogens is 1. The van der Waals surface area contributed by atoms with Gasteiger partial charge >= 0.3 is 0 Å². The highest BCUT2D eigenvalue weighted by atomic mass is 19.1. The van der Waals surface area contributed by atoms with Crippen molar-refractivity contribution in [2.24, 2.45) is 5.41 Å². The quantitative estimate of drug-likeness (QED) is 0.687. The molecule has 1 aromatic heterocycles. The number of pyridine rings is 1. The summed E-state index contributed by atoms with van der Waals surface area (Å²) < 4.78 is 13.7. The maximum Gasteiger partial charge on any atom is 0.231 e. The molecule has 0 spiro atoms. The Morgan fingerprint density at radius 3 is 2.73 bits per heavy atom. The smallest absolute Gasteiger partial charge is 0.231 e. The summed E-state index contributed by atoms with van der Waals surface area (Å²) in [6, 6.07) is 16.2. The number of carbonyl (C=O) groups excluding carboxylic acids is 1. The molecular formula is C22H19FN2O.